The Hall–Kier alpha value is -2.06. The van der Waals surface area contributed by atoms with Gasteiger partial charge in [0, 0.05) is 13.0 Å². The zero-order valence-electron chi connectivity index (χ0n) is 11.0. The molecule has 6 nitrogen and oxygen atoms in total. The van der Waals surface area contributed by atoms with Crippen LogP contribution in [0.3, 0.4) is 0 Å². The molecule has 0 radical (unpaired) electrons. The van der Waals surface area contributed by atoms with Crippen molar-refractivity contribution in [3.63, 3.8) is 0 Å². The lowest BCUT2D eigenvalue weighted by atomic mass is 10.1. The number of carboxylic acids is 1. The Bertz CT molecular complexity index is 450. The molecule has 1 rings (SSSR count). The zero-order valence-corrected chi connectivity index (χ0v) is 11.0. The number of nitrogens with zero attached hydrogens (tertiary/aromatic N) is 1. The quantitative estimate of drug-likeness (QED) is 0.701. The summed E-state index contributed by atoms with van der Waals surface area (Å²) in [6.45, 7) is 1.57. The molecular formula is C12H15F3N2O4. The van der Waals surface area contributed by atoms with Crippen LogP contribution in [0, 0.1) is 5.92 Å². The molecular weight excluding hydrogens is 293 g/mol. The molecule has 1 aliphatic heterocycles. The van der Waals surface area contributed by atoms with Crippen molar-refractivity contribution >= 4 is 17.8 Å². The number of likely N-dealkylation sites (tertiary alicyclic amines) is 1. The van der Waals surface area contributed by atoms with Crippen molar-refractivity contribution in [2.45, 2.75) is 25.1 Å². The number of rotatable bonds is 6. The van der Waals surface area contributed by atoms with Crippen LogP contribution < -0.4 is 5.32 Å². The van der Waals surface area contributed by atoms with Crippen LogP contribution >= 0.6 is 0 Å². The molecule has 0 aromatic heterocycles. The number of hydrogen-bond acceptors (Lipinski definition) is 3. The fourth-order valence-electron chi connectivity index (χ4n) is 1.99. The molecule has 1 saturated heterocycles. The second-order valence-corrected chi connectivity index (χ2v) is 4.71. The van der Waals surface area contributed by atoms with E-state index in [0.717, 1.165) is 0 Å². The van der Waals surface area contributed by atoms with E-state index >= 15 is 0 Å². The predicted molar refractivity (Wildman–Crippen MR) is 65.1 cm³/mol. The van der Waals surface area contributed by atoms with Crippen LogP contribution in [0.4, 0.5) is 13.2 Å². The van der Waals surface area contributed by atoms with Crippen molar-refractivity contribution in [1.29, 1.82) is 0 Å². The van der Waals surface area contributed by atoms with Crippen molar-refractivity contribution in [3.05, 3.63) is 12.7 Å². The third kappa shape index (κ3) is 5.09. The van der Waals surface area contributed by atoms with E-state index in [1.165, 1.54) is 6.08 Å². The van der Waals surface area contributed by atoms with Crippen LogP contribution in [0.15, 0.2) is 12.7 Å². The lowest BCUT2D eigenvalue weighted by molar-refractivity contribution is -0.157. The van der Waals surface area contributed by atoms with Crippen LogP contribution in [-0.4, -0.2) is 53.1 Å². The van der Waals surface area contributed by atoms with Gasteiger partial charge in [-0.15, -0.1) is 6.58 Å². The number of amides is 2. The van der Waals surface area contributed by atoms with Gasteiger partial charge in [0.05, 0.1) is 5.92 Å². The molecule has 2 atom stereocenters. The van der Waals surface area contributed by atoms with Gasteiger partial charge in [-0.2, -0.15) is 13.2 Å². The standard InChI is InChI=1S/C12H15F3N2O4/c1-2-3-8(11(20)21)16-10(19)7-4-9(18)17(5-7)6-12(13,14)15/h2,7-8H,1,3-6H2,(H,16,19)(H,20,21). The van der Waals surface area contributed by atoms with Crippen molar-refractivity contribution in [2.75, 3.05) is 13.1 Å². The molecule has 0 aromatic rings. The first-order chi connectivity index (χ1) is 9.64. The monoisotopic (exact) mass is 308 g/mol. The normalized spacial score (nSPS) is 20.2. The SMILES string of the molecule is C=CCC(NC(=O)C1CC(=O)N(CC(F)(F)F)C1)C(=O)O. The third-order valence-electron chi connectivity index (χ3n) is 2.97. The van der Waals surface area contributed by atoms with Gasteiger partial charge in [-0.3, -0.25) is 9.59 Å². The Morgan fingerprint density at radius 2 is 2.14 bits per heavy atom. The Balaban J connectivity index is 2.62. The molecule has 0 aromatic carbocycles. The summed E-state index contributed by atoms with van der Waals surface area (Å²) in [5, 5.41) is 11.1. The van der Waals surface area contributed by atoms with Crippen molar-refractivity contribution in [2.24, 2.45) is 5.92 Å². The number of aliphatic carboxylic acids is 1. The number of nitrogens with one attached hydrogen (secondary N) is 1. The maximum atomic E-state index is 12.2. The van der Waals surface area contributed by atoms with E-state index in [-0.39, 0.29) is 19.4 Å². The number of carboxylic acid groups (broad SMARTS) is 1. The van der Waals surface area contributed by atoms with E-state index in [2.05, 4.69) is 11.9 Å². The van der Waals surface area contributed by atoms with Gasteiger partial charge < -0.3 is 15.3 Å². The minimum Gasteiger partial charge on any atom is -0.480 e. The summed E-state index contributed by atoms with van der Waals surface area (Å²) in [7, 11) is 0. The molecule has 21 heavy (non-hydrogen) atoms. The van der Waals surface area contributed by atoms with Gasteiger partial charge in [-0.25, -0.2) is 4.79 Å². The fourth-order valence-corrected chi connectivity index (χ4v) is 1.99. The van der Waals surface area contributed by atoms with Crippen LogP contribution in [0.5, 0.6) is 0 Å². The minimum absolute atomic E-state index is 0.0198. The summed E-state index contributed by atoms with van der Waals surface area (Å²) >= 11 is 0. The van der Waals surface area contributed by atoms with E-state index in [4.69, 9.17) is 5.11 Å². The first-order valence-electron chi connectivity index (χ1n) is 6.12. The van der Waals surface area contributed by atoms with Crippen molar-refractivity contribution in [1.82, 2.24) is 10.2 Å². The first-order valence-corrected chi connectivity index (χ1v) is 6.12. The van der Waals surface area contributed by atoms with E-state index < -0.39 is 42.5 Å². The van der Waals surface area contributed by atoms with Crippen LogP contribution in [0.2, 0.25) is 0 Å². The second-order valence-electron chi connectivity index (χ2n) is 4.71. The van der Waals surface area contributed by atoms with E-state index in [1.807, 2.05) is 0 Å². The molecule has 9 heteroatoms. The summed E-state index contributed by atoms with van der Waals surface area (Å²) in [5.41, 5.74) is 0. The minimum atomic E-state index is -4.53. The van der Waals surface area contributed by atoms with E-state index in [9.17, 15) is 27.6 Å². The molecule has 1 fully saturated rings. The Morgan fingerprint density at radius 1 is 1.52 bits per heavy atom. The number of carbonyl (C=O) groups is 3. The maximum absolute atomic E-state index is 12.2. The molecule has 2 unspecified atom stereocenters. The maximum Gasteiger partial charge on any atom is 0.406 e. The molecule has 1 heterocycles. The molecule has 0 bridgehead atoms. The summed E-state index contributed by atoms with van der Waals surface area (Å²) in [6, 6.07) is -1.21. The average Bonchev–Trinajstić information content (AvgIpc) is 2.68. The van der Waals surface area contributed by atoms with Crippen LogP contribution in [-0.2, 0) is 14.4 Å². The van der Waals surface area contributed by atoms with Crippen molar-refractivity contribution < 1.29 is 32.7 Å². The highest BCUT2D eigenvalue weighted by atomic mass is 19.4. The fraction of sp³-hybridized carbons (Fsp3) is 0.583. The number of halogens is 3. The Kier molecular flexibility index (Phi) is 5.34. The predicted octanol–water partition coefficient (Wildman–Crippen LogP) is 0.543. The van der Waals surface area contributed by atoms with Gasteiger partial charge in [-0.1, -0.05) is 6.08 Å². The van der Waals surface area contributed by atoms with Gasteiger partial charge in [0.15, 0.2) is 0 Å². The molecule has 2 amide bonds. The Morgan fingerprint density at radius 3 is 2.62 bits per heavy atom. The highest BCUT2D eigenvalue weighted by Gasteiger charge is 2.41. The Labute approximate surface area is 118 Å². The largest absolute Gasteiger partial charge is 0.480 e. The molecule has 0 spiro atoms. The van der Waals surface area contributed by atoms with Crippen molar-refractivity contribution in [3.8, 4) is 0 Å². The summed E-state index contributed by atoms with van der Waals surface area (Å²) < 4.78 is 36.7. The van der Waals surface area contributed by atoms with E-state index in [1.54, 1.807) is 0 Å². The lowest BCUT2D eigenvalue weighted by Gasteiger charge is -2.19. The zero-order chi connectivity index (χ0) is 16.2. The van der Waals surface area contributed by atoms with Crippen LogP contribution in [0.1, 0.15) is 12.8 Å². The smallest absolute Gasteiger partial charge is 0.406 e. The van der Waals surface area contributed by atoms with Gasteiger partial charge in [0.1, 0.15) is 12.6 Å². The topological polar surface area (TPSA) is 86.7 Å². The second kappa shape index (κ2) is 6.59. The highest BCUT2D eigenvalue weighted by Crippen LogP contribution is 2.24. The number of carbonyl (C=O) groups excluding carboxylic acids is 2. The average molecular weight is 308 g/mol. The molecule has 0 saturated carbocycles. The highest BCUT2D eigenvalue weighted by molar-refractivity contribution is 5.91. The van der Waals surface area contributed by atoms with Gasteiger partial charge in [0.25, 0.3) is 0 Å². The van der Waals surface area contributed by atoms with Gasteiger partial charge >= 0.3 is 12.1 Å². The van der Waals surface area contributed by atoms with Gasteiger partial charge in [-0.05, 0) is 6.42 Å². The lowest BCUT2D eigenvalue weighted by Crippen LogP contribution is -2.44. The third-order valence-corrected chi connectivity index (χ3v) is 2.97. The number of alkyl halides is 3. The summed E-state index contributed by atoms with van der Waals surface area (Å²) in [4.78, 5) is 34.7. The number of hydrogen-bond donors (Lipinski definition) is 2. The summed E-state index contributed by atoms with van der Waals surface area (Å²) in [6.07, 6.45) is -3.61. The molecule has 0 aliphatic carbocycles. The molecule has 2 N–H and O–H groups in total. The van der Waals surface area contributed by atoms with Crippen LogP contribution in [0.25, 0.3) is 0 Å². The first kappa shape index (κ1) is 17.0. The molecule has 118 valence electrons. The van der Waals surface area contributed by atoms with E-state index in [0.29, 0.717) is 4.90 Å². The van der Waals surface area contributed by atoms with Gasteiger partial charge in [0.2, 0.25) is 11.8 Å². The summed E-state index contributed by atoms with van der Waals surface area (Å²) in [5.74, 6) is -3.78. The molecule has 1 aliphatic rings.